The number of aromatic hydroxyl groups is 1. The normalized spacial score (nSPS) is 12.6. The van der Waals surface area contributed by atoms with Crippen molar-refractivity contribution in [1.29, 1.82) is 0 Å². The number of phenols is 1. The topological polar surface area (TPSA) is 50.1 Å². The second-order valence-corrected chi connectivity index (χ2v) is 5.25. The molecule has 0 bridgehead atoms. The number of hydrogen-bond acceptors (Lipinski definition) is 3. The molecule has 1 atom stereocenters. The Bertz CT molecular complexity index is 543. The summed E-state index contributed by atoms with van der Waals surface area (Å²) in [6.07, 6.45) is 3.65. The summed E-state index contributed by atoms with van der Waals surface area (Å²) in [4.78, 5) is 0. The number of phenolic OH excluding ortho intramolecular Hbond substituents is 1. The first kappa shape index (κ1) is 14.2. The molecular formula is C13H15Cl2N3O. The van der Waals surface area contributed by atoms with Crippen molar-refractivity contribution in [2.75, 3.05) is 0 Å². The van der Waals surface area contributed by atoms with E-state index in [4.69, 9.17) is 23.2 Å². The van der Waals surface area contributed by atoms with E-state index in [9.17, 15) is 5.11 Å². The van der Waals surface area contributed by atoms with E-state index in [0.29, 0.717) is 17.1 Å². The van der Waals surface area contributed by atoms with Crippen LogP contribution in [0.15, 0.2) is 30.6 Å². The molecule has 4 nitrogen and oxygen atoms in total. The van der Waals surface area contributed by atoms with Crippen LogP contribution in [0.3, 0.4) is 0 Å². The van der Waals surface area contributed by atoms with Crippen LogP contribution in [0.4, 0.5) is 0 Å². The highest BCUT2D eigenvalue weighted by molar-refractivity contribution is 6.35. The van der Waals surface area contributed by atoms with Crippen LogP contribution >= 0.6 is 23.2 Å². The van der Waals surface area contributed by atoms with Crippen molar-refractivity contribution in [3.8, 4) is 5.75 Å². The van der Waals surface area contributed by atoms with Gasteiger partial charge in [-0.15, -0.1) is 0 Å². The van der Waals surface area contributed by atoms with E-state index in [-0.39, 0.29) is 16.8 Å². The molecule has 0 spiro atoms. The minimum absolute atomic E-state index is 0.0739. The van der Waals surface area contributed by atoms with Crippen molar-refractivity contribution in [3.63, 3.8) is 0 Å². The fourth-order valence-electron chi connectivity index (χ4n) is 1.79. The van der Waals surface area contributed by atoms with Gasteiger partial charge in [0.1, 0.15) is 5.75 Å². The summed E-state index contributed by atoms with van der Waals surface area (Å²) >= 11 is 11.8. The lowest BCUT2D eigenvalue weighted by Gasteiger charge is -2.15. The van der Waals surface area contributed by atoms with Crippen molar-refractivity contribution < 1.29 is 5.11 Å². The largest absolute Gasteiger partial charge is 0.506 e. The lowest BCUT2D eigenvalue weighted by Crippen LogP contribution is -2.30. The highest BCUT2D eigenvalue weighted by atomic mass is 35.5. The Morgan fingerprint density at radius 3 is 2.89 bits per heavy atom. The predicted molar refractivity (Wildman–Crippen MR) is 76.7 cm³/mol. The van der Waals surface area contributed by atoms with E-state index in [2.05, 4.69) is 10.4 Å². The molecule has 0 amide bonds. The molecular weight excluding hydrogens is 285 g/mol. The fourth-order valence-corrected chi connectivity index (χ4v) is 2.33. The third-order valence-electron chi connectivity index (χ3n) is 2.77. The molecule has 0 radical (unpaired) electrons. The molecule has 2 rings (SSSR count). The van der Waals surface area contributed by atoms with Gasteiger partial charge in [-0.3, -0.25) is 4.68 Å². The summed E-state index contributed by atoms with van der Waals surface area (Å²) in [5.41, 5.74) is 0.685. The smallest absolute Gasteiger partial charge is 0.138 e. The van der Waals surface area contributed by atoms with Gasteiger partial charge in [0.25, 0.3) is 0 Å². The zero-order valence-electron chi connectivity index (χ0n) is 10.5. The Balaban J connectivity index is 1.95. The minimum Gasteiger partial charge on any atom is -0.506 e. The number of hydrogen-bond donors (Lipinski definition) is 2. The van der Waals surface area contributed by atoms with Crippen molar-refractivity contribution in [1.82, 2.24) is 15.1 Å². The zero-order valence-corrected chi connectivity index (χ0v) is 12.0. The van der Waals surface area contributed by atoms with Gasteiger partial charge < -0.3 is 10.4 Å². The Labute approximate surface area is 122 Å². The number of nitrogens with zero attached hydrogens (tertiary/aromatic N) is 2. The van der Waals surface area contributed by atoms with Crippen LogP contribution in [-0.4, -0.2) is 20.9 Å². The lowest BCUT2D eigenvalue weighted by molar-refractivity contribution is 0.434. The molecule has 1 heterocycles. The highest BCUT2D eigenvalue weighted by Crippen LogP contribution is 2.30. The monoisotopic (exact) mass is 299 g/mol. The first-order valence-corrected chi connectivity index (χ1v) is 6.69. The van der Waals surface area contributed by atoms with Gasteiger partial charge in [-0.25, -0.2) is 0 Å². The van der Waals surface area contributed by atoms with Gasteiger partial charge >= 0.3 is 0 Å². The average molecular weight is 300 g/mol. The van der Waals surface area contributed by atoms with Crippen LogP contribution in [0.2, 0.25) is 10.0 Å². The standard InChI is InChI=1S/C13H15Cl2N3O/c1-9(8-18-4-2-3-17-18)16-7-10-5-11(14)6-12(15)13(10)19/h2-6,9,16,19H,7-8H2,1H3. The maximum absolute atomic E-state index is 9.84. The first-order valence-electron chi connectivity index (χ1n) is 5.94. The van der Waals surface area contributed by atoms with E-state index >= 15 is 0 Å². The summed E-state index contributed by atoms with van der Waals surface area (Å²) in [6, 6.07) is 5.32. The molecule has 19 heavy (non-hydrogen) atoms. The van der Waals surface area contributed by atoms with E-state index in [1.54, 1.807) is 12.3 Å². The van der Waals surface area contributed by atoms with Gasteiger partial charge in [0.2, 0.25) is 0 Å². The Kier molecular flexibility index (Phi) is 4.69. The van der Waals surface area contributed by atoms with Gasteiger partial charge in [-0.1, -0.05) is 23.2 Å². The molecule has 0 aliphatic rings. The van der Waals surface area contributed by atoms with Crippen molar-refractivity contribution >= 4 is 23.2 Å². The van der Waals surface area contributed by atoms with Gasteiger partial charge in [-0.2, -0.15) is 5.10 Å². The zero-order chi connectivity index (χ0) is 13.8. The van der Waals surface area contributed by atoms with Crippen LogP contribution in [0, 0.1) is 0 Å². The van der Waals surface area contributed by atoms with Gasteiger partial charge in [-0.05, 0) is 25.1 Å². The summed E-state index contributed by atoms with van der Waals surface area (Å²) < 4.78 is 1.85. The maximum Gasteiger partial charge on any atom is 0.138 e. The van der Waals surface area contributed by atoms with E-state index in [0.717, 1.165) is 6.54 Å². The van der Waals surface area contributed by atoms with E-state index in [1.165, 1.54) is 6.07 Å². The number of benzene rings is 1. The number of aromatic nitrogens is 2. The van der Waals surface area contributed by atoms with Crippen LogP contribution in [0.25, 0.3) is 0 Å². The maximum atomic E-state index is 9.84. The van der Waals surface area contributed by atoms with Crippen molar-refractivity contribution in [2.45, 2.75) is 26.1 Å². The van der Waals surface area contributed by atoms with Crippen LogP contribution in [-0.2, 0) is 13.1 Å². The van der Waals surface area contributed by atoms with Gasteiger partial charge in [0, 0.05) is 35.6 Å². The first-order chi connectivity index (χ1) is 9.06. The Morgan fingerprint density at radius 2 is 2.21 bits per heavy atom. The fraction of sp³-hybridized carbons (Fsp3) is 0.308. The third kappa shape index (κ3) is 3.86. The Morgan fingerprint density at radius 1 is 1.42 bits per heavy atom. The molecule has 0 aliphatic heterocycles. The second-order valence-electron chi connectivity index (χ2n) is 4.41. The molecule has 1 unspecified atom stereocenters. The molecule has 2 N–H and O–H groups in total. The molecule has 1 aromatic carbocycles. The number of halogens is 2. The third-order valence-corrected chi connectivity index (χ3v) is 3.27. The summed E-state index contributed by atoms with van der Waals surface area (Å²) in [7, 11) is 0. The molecule has 2 aromatic rings. The lowest BCUT2D eigenvalue weighted by atomic mass is 10.2. The van der Waals surface area contributed by atoms with Crippen LogP contribution in [0.5, 0.6) is 5.75 Å². The van der Waals surface area contributed by atoms with Gasteiger partial charge in [0.05, 0.1) is 11.6 Å². The van der Waals surface area contributed by atoms with E-state index in [1.807, 2.05) is 23.9 Å². The SMILES string of the molecule is CC(Cn1cccn1)NCc1cc(Cl)cc(Cl)c1O. The molecule has 0 saturated carbocycles. The van der Waals surface area contributed by atoms with E-state index < -0.39 is 0 Å². The molecule has 1 aromatic heterocycles. The molecule has 0 saturated heterocycles. The minimum atomic E-state index is 0.0739. The molecule has 6 heteroatoms. The van der Waals surface area contributed by atoms with Crippen LogP contribution in [0.1, 0.15) is 12.5 Å². The average Bonchev–Trinajstić information content (AvgIpc) is 2.84. The van der Waals surface area contributed by atoms with Gasteiger partial charge in [0.15, 0.2) is 0 Å². The molecule has 0 aliphatic carbocycles. The quantitative estimate of drug-likeness (QED) is 0.892. The highest BCUT2D eigenvalue weighted by Gasteiger charge is 2.09. The predicted octanol–water partition coefficient (Wildman–Crippen LogP) is 3.07. The summed E-state index contributed by atoms with van der Waals surface area (Å²) in [5.74, 6) is 0.0739. The summed E-state index contributed by atoms with van der Waals surface area (Å²) in [6.45, 7) is 3.29. The Hall–Kier alpha value is -1.23. The van der Waals surface area contributed by atoms with Crippen LogP contribution < -0.4 is 5.32 Å². The van der Waals surface area contributed by atoms with Crippen molar-refractivity contribution in [2.24, 2.45) is 0 Å². The molecule has 102 valence electrons. The number of nitrogens with one attached hydrogen (secondary N) is 1. The van der Waals surface area contributed by atoms with Crippen molar-refractivity contribution in [3.05, 3.63) is 46.2 Å². The number of rotatable bonds is 5. The summed E-state index contributed by atoms with van der Waals surface area (Å²) in [5, 5.41) is 18.1. The molecule has 0 fully saturated rings. The second kappa shape index (κ2) is 6.28.